The lowest BCUT2D eigenvalue weighted by Gasteiger charge is -2.43. The maximum Gasteiger partial charge on any atom is 0.243 e. The van der Waals surface area contributed by atoms with Crippen LogP contribution in [0.25, 0.3) is 0 Å². The Hall–Kier alpha value is -1.07. The minimum absolute atomic E-state index is 0.198. The van der Waals surface area contributed by atoms with E-state index in [2.05, 4.69) is 0 Å². The topological polar surface area (TPSA) is 63.4 Å². The highest BCUT2D eigenvalue weighted by Crippen LogP contribution is 2.38. The Bertz CT molecular complexity index is 583. The van der Waals surface area contributed by atoms with Gasteiger partial charge in [0.2, 0.25) is 10.0 Å². The third kappa shape index (κ3) is 2.44. The lowest BCUT2D eigenvalue weighted by atomic mass is 9.79. The van der Waals surface area contributed by atoms with Crippen molar-refractivity contribution in [2.75, 3.05) is 12.3 Å². The van der Waals surface area contributed by atoms with Gasteiger partial charge in [0, 0.05) is 18.3 Å². The van der Waals surface area contributed by atoms with E-state index in [1.165, 1.54) is 19.3 Å². The molecule has 1 saturated heterocycles. The van der Waals surface area contributed by atoms with Gasteiger partial charge in [-0.05, 0) is 49.8 Å². The fourth-order valence-corrected chi connectivity index (χ4v) is 5.50. The van der Waals surface area contributed by atoms with E-state index in [9.17, 15) is 8.42 Å². The number of sulfonamides is 1. The molecular formula is C15H22N2O2S. The standard InChI is InChI=1S/C15H22N2O2S/c16-13-7-3-8-14(11-13)20(18,19)17-10-4-6-12-5-1-2-9-15(12)17/h3,7-8,11-12,15H,1-2,4-6,9-10,16H2/t12-,15-/m1/s1. The minimum Gasteiger partial charge on any atom is -0.399 e. The van der Waals surface area contributed by atoms with E-state index >= 15 is 0 Å². The number of rotatable bonds is 2. The number of hydrogen-bond donors (Lipinski definition) is 1. The summed E-state index contributed by atoms with van der Waals surface area (Å²) in [7, 11) is -3.40. The molecule has 2 atom stereocenters. The summed E-state index contributed by atoms with van der Waals surface area (Å²) in [6.07, 6.45) is 6.72. The van der Waals surface area contributed by atoms with E-state index in [-0.39, 0.29) is 6.04 Å². The largest absolute Gasteiger partial charge is 0.399 e. The summed E-state index contributed by atoms with van der Waals surface area (Å²) in [5.74, 6) is 0.549. The molecule has 0 unspecified atom stereocenters. The first kappa shape index (κ1) is 13.9. The van der Waals surface area contributed by atoms with E-state index in [4.69, 9.17) is 5.73 Å². The zero-order valence-electron chi connectivity index (χ0n) is 11.7. The van der Waals surface area contributed by atoms with E-state index in [0.29, 0.717) is 23.0 Å². The van der Waals surface area contributed by atoms with Crippen molar-refractivity contribution >= 4 is 15.7 Å². The molecule has 1 aromatic rings. The molecule has 1 heterocycles. The molecule has 0 spiro atoms. The molecule has 0 amide bonds. The Balaban J connectivity index is 1.93. The number of benzene rings is 1. The summed E-state index contributed by atoms with van der Waals surface area (Å²) < 4.78 is 27.5. The molecule has 5 heteroatoms. The number of fused-ring (bicyclic) bond motifs is 1. The number of piperidine rings is 1. The lowest BCUT2D eigenvalue weighted by Crippen LogP contribution is -2.49. The van der Waals surface area contributed by atoms with Crippen LogP contribution in [0.3, 0.4) is 0 Å². The molecule has 1 aromatic carbocycles. The zero-order chi connectivity index (χ0) is 14.2. The number of hydrogen-bond acceptors (Lipinski definition) is 3. The molecule has 20 heavy (non-hydrogen) atoms. The van der Waals surface area contributed by atoms with Gasteiger partial charge in [0.1, 0.15) is 0 Å². The van der Waals surface area contributed by atoms with Crippen molar-refractivity contribution in [3.63, 3.8) is 0 Å². The van der Waals surface area contributed by atoms with Crippen LogP contribution < -0.4 is 5.73 Å². The van der Waals surface area contributed by atoms with Crippen molar-refractivity contribution in [2.45, 2.75) is 49.5 Å². The van der Waals surface area contributed by atoms with Gasteiger partial charge >= 0.3 is 0 Å². The number of nitrogens with two attached hydrogens (primary N) is 1. The van der Waals surface area contributed by atoms with Crippen LogP contribution >= 0.6 is 0 Å². The van der Waals surface area contributed by atoms with Crippen molar-refractivity contribution in [3.8, 4) is 0 Å². The Morgan fingerprint density at radius 3 is 2.65 bits per heavy atom. The second-order valence-corrected chi connectivity index (χ2v) is 7.83. The summed E-state index contributed by atoms with van der Waals surface area (Å²) >= 11 is 0. The predicted octanol–water partition coefficient (Wildman–Crippen LogP) is 2.61. The second-order valence-electron chi connectivity index (χ2n) is 5.94. The molecule has 2 fully saturated rings. The van der Waals surface area contributed by atoms with Gasteiger partial charge in [-0.25, -0.2) is 8.42 Å². The highest BCUT2D eigenvalue weighted by molar-refractivity contribution is 7.89. The molecule has 3 rings (SSSR count). The third-order valence-corrected chi connectivity index (χ3v) is 6.58. The van der Waals surface area contributed by atoms with E-state index in [0.717, 1.165) is 19.3 Å². The molecule has 1 aliphatic carbocycles. The number of nitrogens with zero attached hydrogens (tertiary/aromatic N) is 1. The Morgan fingerprint density at radius 1 is 1.10 bits per heavy atom. The van der Waals surface area contributed by atoms with Gasteiger partial charge in [-0.1, -0.05) is 18.9 Å². The maximum atomic E-state index is 12.9. The molecule has 0 bridgehead atoms. The zero-order valence-corrected chi connectivity index (χ0v) is 12.5. The maximum absolute atomic E-state index is 12.9. The van der Waals surface area contributed by atoms with Crippen LogP contribution in [0.1, 0.15) is 38.5 Å². The Kier molecular flexibility index (Phi) is 3.73. The lowest BCUT2D eigenvalue weighted by molar-refractivity contribution is 0.129. The fraction of sp³-hybridized carbons (Fsp3) is 0.600. The van der Waals surface area contributed by atoms with Crippen molar-refractivity contribution in [1.29, 1.82) is 0 Å². The van der Waals surface area contributed by atoms with Crippen LogP contribution in [0, 0.1) is 5.92 Å². The first-order chi connectivity index (χ1) is 9.59. The van der Waals surface area contributed by atoms with Crippen LogP contribution in [0.2, 0.25) is 0 Å². The molecule has 110 valence electrons. The fourth-order valence-electron chi connectivity index (χ4n) is 3.69. The van der Waals surface area contributed by atoms with Crippen LogP contribution in [-0.2, 0) is 10.0 Å². The number of anilines is 1. The van der Waals surface area contributed by atoms with E-state index in [1.54, 1.807) is 28.6 Å². The van der Waals surface area contributed by atoms with Crippen LogP contribution in [0.5, 0.6) is 0 Å². The van der Waals surface area contributed by atoms with Gasteiger partial charge in [-0.2, -0.15) is 4.31 Å². The highest BCUT2D eigenvalue weighted by Gasteiger charge is 2.39. The average molecular weight is 294 g/mol. The van der Waals surface area contributed by atoms with Gasteiger partial charge in [0.05, 0.1) is 4.90 Å². The first-order valence-corrected chi connectivity index (χ1v) is 8.90. The van der Waals surface area contributed by atoms with Crippen molar-refractivity contribution in [2.24, 2.45) is 5.92 Å². The molecule has 1 saturated carbocycles. The molecule has 2 aliphatic rings. The molecule has 0 radical (unpaired) electrons. The summed E-state index contributed by atoms with van der Waals surface area (Å²) in [4.78, 5) is 0.337. The van der Waals surface area contributed by atoms with Gasteiger partial charge in [0.25, 0.3) is 0 Å². The first-order valence-electron chi connectivity index (χ1n) is 7.46. The summed E-state index contributed by atoms with van der Waals surface area (Å²) in [6, 6.07) is 6.85. The van der Waals surface area contributed by atoms with Crippen molar-refractivity contribution in [3.05, 3.63) is 24.3 Å². The third-order valence-electron chi connectivity index (χ3n) is 4.66. The van der Waals surface area contributed by atoms with Crippen LogP contribution in [-0.4, -0.2) is 25.3 Å². The summed E-state index contributed by atoms with van der Waals surface area (Å²) in [5, 5.41) is 0. The number of nitrogen functional groups attached to an aromatic ring is 1. The van der Waals surface area contributed by atoms with Crippen molar-refractivity contribution < 1.29 is 8.42 Å². The van der Waals surface area contributed by atoms with Gasteiger partial charge < -0.3 is 5.73 Å². The van der Waals surface area contributed by atoms with Crippen LogP contribution in [0.4, 0.5) is 5.69 Å². The normalized spacial score (nSPS) is 28.0. The van der Waals surface area contributed by atoms with E-state index < -0.39 is 10.0 Å². The second kappa shape index (κ2) is 5.37. The predicted molar refractivity (Wildman–Crippen MR) is 79.7 cm³/mol. The Labute approximate surface area is 121 Å². The van der Waals surface area contributed by atoms with Crippen LogP contribution in [0.15, 0.2) is 29.2 Å². The summed E-state index contributed by atoms with van der Waals surface area (Å²) in [5.41, 5.74) is 6.24. The van der Waals surface area contributed by atoms with Gasteiger partial charge in [0.15, 0.2) is 0 Å². The van der Waals surface area contributed by atoms with E-state index in [1.807, 2.05) is 0 Å². The monoisotopic (exact) mass is 294 g/mol. The minimum atomic E-state index is -3.40. The molecule has 1 aliphatic heterocycles. The molecule has 4 nitrogen and oxygen atoms in total. The quantitative estimate of drug-likeness (QED) is 0.853. The highest BCUT2D eigenvalue weighted by atomic mass is 32.2. The molecular weight excluding hydrogens is 272 g/mol. The van der Waals surface area contributed by atoms with Crippen molar-refractivity contribution in [1.82, 2.24) is 4.31 Å². The average Bonchev–Trinajstić information content (AvgIpc) is 2.46. The molecule has 2 N–H and O–H groups in total. The Morgan fingerprint density at radius 2 is 1.85 bits per heavy atom. The smallest absolute Gasteiger partial charge is 0.243 e. The van der Waals surface area contributed by atoms with Gasteiger partial charge in [-0.15, -0.1) is 0 Å². The SMILES string of the molecule is Nc1cccc(S(=O)(=O)N2CCC[C@H]3CCCC[C@H]32)c1. The molecule has 0 aromatic heterocycles. The summed E-state index contributed by atoms with van der Waals surface area (Å²) in [6.45, 7) is 0.651. The van der Waals surface area contributed by atoms with Gasteiger partial charge in [-0.3, -0.25) is 0 Å².